The average molecular weight is 289 g/mol. The van der Waals surface area contributed by atoms with Crippen molar-refractivity contribution in [2.45, 2.75) is 44.6 Å². The van der Waals surface area contributed by atoms with Crippen molar-refractivity contribution in [1.82, 2.24) is 5.32 Å². The molecule has 1 aromatic rings. The van der Waals surface area contributed by atoms with Crippen LogP contribution in [-0.2, 0) is 4.74 Å². The van der Waals surface area contributed by atoms with Gasteiger partial charge in [0.1, 0.15) is 5.75 Å². The predicted octanol–water partition coefficient (Wildman–Crippen LogP) is 3.35. The van der Waals surface area contributed by atoms with E-state index in [1.54, 1.807) is 0 Å². The van der Waals surface area contributed by atoms with Gasteiger partial charge in [-0.1, -0.05) is 25.1 Å². The van der Waals surface area contributed by atoms with Crippen LogP contribution in [0.5, 0.6) is 5.75 Å². The Morgan fingerprint density at radius 1 is 1.24 bits per heavy atom. The van der Waals surface area contributed by atoms with Crippen molar-refractivity contribution in [1.29, 1.82) is 0 Å². The molecule has 1 fully saturated rings. The molecule has 2 heterocycles. The van der Waals surface area contributed by atoms with Crippen molar-refractivity contribution >= 4 is 0 Å². The highest BCUT2D eigenvalue weighted by molar-refractivity contribution is 5.37. The van der Waals surface area contributed by atoms with Crippen LogP contribution >= 0.6 is 0 Å². The molecule has 116 valence electrons. The Morgan fingerprint density at radius 3 is 2.95 bits per heavy atom. The zero-order valence-electron chi connectivity index (χ0n) is 13.0. The van der Waals surface area contributed by atoms with Gasteiger partial charge in [-0.2, -0.15) is 0 Å². The Kier molecular flexibility index (Phi) is 5.15. The van der Waals surface area contributed by atoms with Crippen LogP contribution in [0.2, 0.25) is 0 Å². The first-order valence-electron chi connectivity index (χ1n) is 8.41. The van der Waals surface area contributed by atoms with E-state index >= 15 is 0 Å². The SMILES string of the molecule is CCCNC(CC1CCOc2ccccc21)C1CCOC1. The fourth-order valence-corrected chi connectivity index (χ4v) is 3.61. The number of para-hydroxylation sites is 1. The third-order valence-corrected chi connectivity index (χ3v) is 4.81. The van der Waals surface area contributed by atoms with E-state index in [0.717, 1.165) is 38.5 Å². The molecule has 3 rings (SSSR count). The van der Waals surface area contributed by atoms with Crippen LogP contribution < -0.4 is 10.1 Å². The van der Waals surface area contributed by atoms with E-state index in [1.165, 1.54) is 24.8 Å². The molecule has 0 bridgehead atoms. The molecule has 2 aliphatic heterocycles. The molecule has 3 atom stereocenters. The molecule has 3 unspecified atom stereocenters. The van der Waals surface area contributed by atoms with Crippen molar-refractivity contribution < 1.29 is 9.47 Å². The first kappa shape index (κ1) is 14.9. The number of fused-ring (bicyclic) bond motifs is 1. The molecule has 3 nitrogen and oxygen atoms in total. The van der Waals surface area contributed by atoms with Crippen LogP contribution in [0, 0.1) is 5.92 Å². The zero-order chi connectivity index (χ0) is 14.5. The summed E-state index contributed by atoms with van der Waals surface area (Å²) in [5.41, 5.74) is 1.39. The Balaban J connectivity index is 1.70. The second-order valence-electron chi connectivity index (χ2n) is 6.29. The summed E-state index contributed by atoms with van der Waals surface area (Å²) in [4.78, 5) is 0. The Hall–Kier alpha value is -1.06. The van der Waals surface area contributed by atoms with Crippen molar-refractivity contribution in [3.8, 4) is 5.75 Å². The minimum atomic E-state index is 0.573. The molecule has 1 saturated heterocycles. The number of rotatable bonds is 6. The Morgan fingerprint density at radius 2 is 2.14 bits per heavy atom. The third kappa shape index (κ3) is 3.58. The molecule has 0 aromatic heterocycles. The second kappa shape index (κ2) is 7.28. The highest BCUT2D eigenvalue weighted by atomic mass is 16.5. The Labute approximate surface area is 128 Å². The van der Waals surface area contributed by atoms with Gasteiger partial charge in [-0.05, 0) is 55.7 Å². The summed E-state index contributed by atoms with van der Waals surface area (Å²) < 4.78 is 11.4. The van der Waals surface area contributed by atoms with Crippen LogP contribution in [0.15, 0.2) is 24.3 Å². The standard InChI is InChI=1S/C18H27NO2/c1-2-9-19-17(15-7-10-20-13-15)12-14-8-11-21-18-6-4-3-5-16(14)18/h3-6,14-15,17,19H,2,7-13H2,1H3. The molecule has 3 heteroatoms. The quantitative estimate of drug-likeness (QED) is 0.871. The summed E-state index contributed by atoms with van der Waals surface area (Å²) in [6.45, 7) is 6.04. The monoisotopic (exact) mass is 289 g/mol. The molecule has 0 saturated carbocycles. The second-order valence-corrected chi connectivity index (χ2v) is 6.29. The number of benzene rings is 1. The topological polar surface area (TPSA) is 30.5 Å². The van der Waals surface area contributed by atoms with Gasteiger partial charge in [0.15, 0.2) is 0 Å². The molecule has 1 N–H and O–H groups in total. The van der Waals surface area contributed by atoms with E-state index in [2.05, 4.69) is 36.5 Å². The van der Waals surface area contributed by atoms with Gasteiger partial charge < -0.3 is 14.8 Å². The summed E-state index contributed by atoms with van der Waals surface area (Å²) in [7, 11) is 0. The lowest BCUT2D eigenvalue weighted by Crippen LogP contribution is -2.39. The van der Waals surface area contributed by atoms with Crippen LogP contribution in [0.25, 0.3) is 0 Å². The van der Waals surface area contributed by atoms with Gasteiger partial charge in [-0.25, -0.2) is 0 Å². The minimum absolute atomic E-state index is 0.573. The molecule has 0 radical (unpaired) electrons. The number of nitrogens with one attached hydrogen (secondary N) is 1. The molecule has 0 aliphatic carbocycles. The first-order chi connectivity index (χ1) is 10.4. The van der Waals surface area contributed by atoms with Crippen LogP contribution in [0.3, 0.4) is 0 Å². The number of hydrogen-bond donors (Lipinski definition) is 1. The maximum Gasteiger partial charge on any atom is 0.122 e. The summed E-state index contributed by atoms with van der Waals surface area (Å²) in [5, 5.41) is 3.77. The summed E-state index contributed by atoms with van der Waals surface area (Å²) in [5.74, 6) is 2.38. The minimum Gasteiger partial charge on any atom is -0.493 e. The molecule has 2 aliphatic rings. The first-order valence-corrected chi connectivity index (χ1v) is 8.41. The lowest BCUT2D eigenvalue weighted by Gasteiger charge is -2.32. The summed E-state index contributed by atoms with van der Waals surface area (Å²) in [6.07, 6.45) is 4.73. The lowest BCUT2D eigenvalue weighted by molar-refractivity contribution is 0.171. The van der Waals surface area contributed by atoms with E-state index in [0.29, 0.717) is 17.9 Å². The van der Waals surface area contributed by atoms with Gasteiger partial charge in [0, 0.05) is 12.6 Å². The number of ether oxygens (including phenoxy) is 2. The van der Waals surface area contributed by atoms with Crippen LogP contribution in [-0.4, -0.2) is 32.4 Å². The smallest absolute Gasteiger partial charge is 0.122 e. The molecule has 0 spiro atoms. The average Bonchev–Trinajstić information content (AvgIpc) is 3.06. The molecular formula is C18H27NO2. The highest BCUT2D eigenvalue weighted by Gasteiger charge is 2.30. The van der Waals surface area contributed by atoms with Crippen molar-refractivity contribution in [2.24, 2.45) is 5.92 Å². The Bertz CT molecular complexity index is 443. The predicted molar refractivity (Wildman–Crippen MR) is 84.9 cm³/mol. The number of hydrogen-bond acceptors (Lipinski definition) is 3. The van der Waals surface area contributed by atoms with Gasteiger partial charge in [0.25, 0.3) is 0 Å². The van der Waals surface area contributed by atoms with Gasteiger partial charge in [-0.3, -0.25) is 0 Å². The van der Waals surface area contributed by atoms with Crippen LogP contribution in [0.4, 0.5) is 0 Å². The van der Waals surface area contributed by atoms with Gasteiger partial charge >= 0.3 is 0 Å². The summed E-state index contributed by atoms with van der Waals surface area (Å²) >= 11 is 0. The fourth-order valence-electron chi connectivity index (χ4n) is 3.61. The highest BCUT2D eigenvalue weighted by Crippen LogP contribution is 2.37. The van der Waals surface area contributed by atoms with Crippen molar-refractivity contribution in [3.05, 3.63) is 29.8 Å². The maximum absolute atomic E-state index is 5.80. The molecular weight excluding hydrogens is 262 g/mol. The van der Waals surface area contributed by atoms with E-state index in [4.69, 9.17) is 9.47 Å². The van der Waals surface area contributed by atoms with Crippen LogP contribution in [0.1, 0.15) is 44.1 Å². The van der Waals surface area contributed by atoms with Gasteiger partial charge in [0.05, 0.1) is 13.2 Å². The van der Waals surface area contributed by atoms with E-state index in [9.17, 15) is 0 Å². The molecule has 1 aromatic carbocycles. The van der Waals surface area contributed by atoms with E-state index < -0.39 is 0 Å². The normalized spacial score (nSPS) is 26.1. The largest absolute Gasteiger partial charge is 0.493 e. The van der Waals surface area contributed by atoms with E-state index in [1.807, 2.05) is 0 Å². The lowest BCUT2D eigenvalue weighted by atomic mass is 9.83. The van der Waals surface area contributed by atoms with E-state index in [-0.39, 0.29) is 0 Å². The third-order valence-electron chi connectivity index (χ3n) is 4.81. The van der Waals surface area contributed by atoms with Crippen molar-refractivity contribution in [2.75, 3.05) is 26.4 Å². The molecule has 0 amide bonds. The van der Waals surface area contributed by atoms with Gasteiger partial charge in [-0.15, -0.1) is 0 Å². The zero-order valence-corrected chi connectivity index (χ0v) is 13.0. The summed E-state index contributed by atoms with van der Waals surface area (Å²) in [6, 6.07) is 9.12. The van der Waals surface area contributed by atoms with Crippen molar-refractivity contribution in [3.63, 3.8) is 0 Å². The fraction of sp³-hybridized carbons (Fsp3) is 0.667. The maximum atomic E-state index is 5.80. The molecule has 21 heavy (non-hydrogen) atoms. The van der Waals surface area contributed by atoms with Gasteiger partial charge in [0.2, 0.25) is 0 Å².